The molecule has 0 saturated heterocycles. The van der Waals surface area contributed by atoms with Crippen LogP contribution in [0.1, 0.15) is 37.8 Å². The Labute approximate surface area is 187 Å². The van der Waals surface area contributed by atoms with Crippen LogP contribution in [0, 0.1) is 11.6 Å². The van der Waals surface area contributed by atoms with Gasteiger partial charge in [-0.1, -0.05) is 26.0 Å². The molecular weight excluding hydrogens is 416 g/mol. The third kappa shape index (κ3) is 8.22. The van der Waals surface area contributed by atoms with Crippen LogP contribution >= 0.6 is 0 Å². The van der Waals surface area contributed by atoms with Gasteiger partial charge in [0, 0.05) is 19.2 Å². The summed E-state index contributed by atoms with van der Waals surface area (Å²) < 4.78 is 26.9. The molecule has 0 aliphatic heterocycles. The molecule has 174 valence electrons. The summed E-state index contributed by atoms with van der Waals surface area (Å²) in [6.07, 6.45) is 3.38. The third-order valence-corrected chi connectivity index (χ3v) is 4.84. The first-order valence-corrected chi connectivity index (χ1v) is 10.8. The number of halogens is 2. The number of benzene rings is 1. The van der Waals surface area contributed by atoms with Crippen molar-refractivity contribution in [2.24, 2.45) is 0 Å². The summed E-state index contributed by atoms with van der Waals surface area (Å²) in [5.41, 5.74) is 6.71. The lowest BCUT2D eigenvalue weighted by Gasteiger charge is -2.23. The van der Waals surface area contributed by atoms with E-state index in [2.05, 4.69) is 15.6 Å². The van der Waals surface area contributed by atoms with Crippen LogP contribution in [0.15, 0.2) is 36.5 Å². The highest BCUT2D eigenvalue weighted by Gasteiger charge is 2.23. The minimum absolute atomic E-state index is 0.0241. The number of hydrogen-bond donors (Lipinski definition) is 3. The van der Waals surface area contributed by atoms with Crippen LogP contribution in [-0.2, 0) is 22.6 Å². The molecule has 1 heterocycles. The Balaban J connectivity index is 2.09. The fraction of sp³-hybridized carbons (Fsp3) is 0.435. The molecule has 0 spiro atoms. The maximum atomic E-state index is 13.7. The summed E-state index contributed by atoms with van der Waals surface area (Å²) in [4.78, 5) is 31.5. The molecule has 1 aromatic heterocycles. The van der Waals surface area contributed by atoms with Gasteiger partial charge in [0.25, 0.3) is 0 Å². The molecule has 0 saturated carbocycles. The standard InChI is InChI=1S/C23H31F2N5O2/c1-3-9-30(10-4-2)15-22(31)29-20(12-16-5-7-18(24)19(25)11-16)23(32)28-14-17-6-8-21(26)27-13-17/h5-8,11,13,20H,3-4,9-10,12,14-15H2,1-2H3,(H2,26,27)(H,28,32)(H,29,31)/t20-/m0/s1. The molecule has 32 heavy (non-hydrogen) atoms. The van der Waals surface area contributed by atoms with Crippen LogP contribution in [0.4, 0.5) is 14.6 Å². The molecule has 7 nitrogen and oxygen atoms in total. The maximum absolute atomic E-state index is 13.7. The zero-order valence-electron chi connectivity index (χ0n) is 18.5. The minimum atomic E-state index is -1.00. The average Bonchev–Trinajstić information content (AvgIpc) is 2.75. The first-order chi connectivity index (χ1) is 15.3. The number of pyridine rings is 1. The molecule has 4 N–H and O–H groups in total. The number of nitrogen functional groups attached to an aromatic ring is 1. The maximum Gasteiger partial charge on any atom is 0.243 e. The number of carbonyl (C=O) groups excluding carboxylic acids is 2. The molecule has 9 heteroatoms. The highest BCUT2D eigenvalue weighted by molar-refractivity contribution is 5.88. The highest BCUT2D eigenvalue weighted by Crippen LogP contribution is 2.11. The van der Waals surface area contributed by atoms with Gasteiger partial charge < -0.3 is 16.4 Å². The fourth-order valence-corrected chi connectivity index (χ4v) is 3.31. The van der Waals surface area contributed by atoms with Crippen LogP contribution in [0.3, 0.4) is 0 Å². The van der Waals surface area contributed by atoms with E-state index < -0.39 is 23.6 Å². The van der Waals surface area contributed by atoms with Crippen LogP contribution in [0.25, 0.3) is 0 Å². The van der Waals surface area contributed by atoms with E-state index in [1.165, 1.54) is 6.07 Å². The van der Waals surface area contributed by atoms with E-state index in [-0.39, 0.29) is 25.4 Å². The molecule has 2 amide bonds. The highest BCUT2D eigenvalue weighted by atomic mass is 19.2. The molecule has 1 aromatic carbocycles. The molecule has 1 atom stereocenters. The van der Waals surface area contributed by atoms with Crippen molar-refractivity contribution >= 4 is 17.6 Å². The quantitative estimate of drug-likeness (QED) is 0.464. The lowest BCUT2D eigenvalue weighted by atomic mass is 10.0. The SMILES string of the molecule is CCCN(CCC)CC(=O)N[C@@H](Cc1ccc(F)c(F)c1)C(=O)NCc1ccc(N)nc1. The summed E-state index contributed by atoms with van der Waals surface area (Å²) >= 11 is 0. The van der Waals surface area contributed by atoms with Crippen molar-refractivity contribution in [1.29, 1.82) is 0 Å². The van der Waals surface area contributed by atoms with Gasteiger partial charge in [-0.25, -0.2) is 13.8 Å². The van der Waals surface area contributed by atoms with Gasteiger partial charge in [0.05, 0.1) is 6.54 Å². The normalized spacial score (nSPS) is 11.9. The number of carbonyl (C=O) groups is 2. The molecule has 0 bridgehead atoms. The first kappa shape index (κ1) is 25.2. The van der Waals surface area contributed by atoms with Crippen LogP contribution in [-0.4, -0.2) is 47.4 Å². The lowest BCUT2D eigenvalue weighted by Crippen LogP contribution is -2.50. The first-order valence-electron chi connectivity index (χ1n) is 10.8. The number of hydrogen-bond acceptors (Lipinski definition) is 5. The van der Waals surface area contributed by atoms with Gasteiger partial charge in [-0.2, -0.15) is 0 Å². The van der Waals surface area contributed by atoms with Gasteiger partial charge in [-0.15, -0.1) is 0 Å². The number of aromatic nitrogens is 1. The number of nitrogens with zero attached hydrogens (tertiary/aromatic N) is 2. The monoisotopic (exact) mass is 447 g/mol. The fourth-order valence-electron chi connectivity index (χ4n) is 3.31. The van der Waals surface area contributed by atoms with Gasteiger partial charge >= 0.3 is 0 Å². The van der Waals surface area contributed by atoms with Crippen molar-refractivity contribution in [3.8, 4) is 0 Å². The summed E-state index contributed by atoms with van der Waals surface area (Å²) in [7, 11) is 0. The van der Waals surface area contributed by atoms with Crippen molar-refractivity contribution in [1.82, 2.24) is 20.5 Å². The van der Waals surface area contributed by atoms with Crippen molar-refractivity contribution in [2.45, 2.75) is 45.7 Å². The molecule has 0 fully saturated rings. The summed E-state index contributed by atoms with van der Waals surface area (Å²) in [5, 5.41) is 5.51. The van der Waals surface area contributed by atoms with Gasteiger partial charge in [-0.05, 0) is 55.3 Å². The van der Waals surface area contributed by atoms with Crippen molar-refractivity contribution < 1.29 is 18.4 Å². The Morgan fingerprint density at radius 3 is 2.34 bits per heavy atom. The Bertz CT molecular complexity index is 886. The van der Waals surface area contributed by atoms with Gasteiger partial charge in [-0.3, -0.25) is 14.5 Å². The van der Waals surface area contributed by atoms with E-state index in [1.54, 1.807) is 18.3 Å². The molecule has 0 aliphatic carbocycles. The second kappa shape index (κ2) is 12.7. The zero-order chi connectivity index (χ0) is 23.5. The van der Waals surface area contributed by atoms with E-state index in [4.69, 9.17) is 5.73 Å². The number of rotatable bonds is 12. The van der Waals surface area contributed by atoms with E-state index in [1.807, 2.05) is 18.7 Å². The van der Waals surface area contributed by atoms with Crippen molar-refractivity contribution in [2.75, 3.05) is 25.4 Å². The van der Waals surface area contributed by atoms with Gasteiger partial charge in [0.1, 0.15) is 11.9 Å². The minimum Gasteiger partial charge on any atom is -0.384 e. The molecule has 0 aliphatic rings. The van der Waals surface area contributed by atoms with Crippen LogP contribution in [0.5, 0.6) is 0 Å². The molecule has 2 aromatic rings. The number of nitrogens with one attached hydrogen (secondary N) is 2. The zero-order valence-corrected chi connectivity index (χ0v) is 18.5. The van der Waals surface area contributed by atoms with E-state index >= 15 is 0 Å². The predicted molar refractivity (Wildman–Crippen MR) is 120 cm³/mol. The van der Waals surface area contributed by atoms with Crippen molar-refractivity contribution in [3.05, 3.63) is 59.3 Å². The molecular formula is C23H31F2N5O2. The summed E-state index contributed by atoms with van der Waals surface area (Å²) in [6.45, 7) is 5.95. The second-order valence-electron chi connectivity index (χ2n) is 7.66. The largest absolute Gasteiger partial charge is 0.384 e. The number of amides is 2. The van der Waals surface area contributed by atoms with Crippen LogP contribution < -0.4 is 16.4 Å². The van der Waals surface area contributed by atoms with Crippen LogP contribution in [0.2, 0.25) is 0 Å². The summed E-state index contributed by atoms with van der Waals surface area (Å²) in [6, 6.07) is 5.85. The molecule has 0 radical (unpaired) electrons. The lowest BCUT2D eigenvalue weighted by molar-refractivity contribution is -0.129. The smallest absolute Gasteiger partial charge is 0.243 e. The molecule has 2 rings (SSSR count). The Hall–Kier alpha value is -3.07. The average molecular weight is 448 g/mol. The topological polar surface area (TPSA) is 100 Å². The second-order valence-corrected chi connectivity index (χ2v) is 7.66. The third-order valence-electron chi connectivity index (χ3n) is 4.84. The Kier molecular flexibility index (Phi) is 10.0. The van der Waals surface area contributed by atoms with E-state index in [9.17, 15) is 18.4 Å². The number of anilines is 1. The van der Waals surface area contributed by atoms with Gasteiger partial charge in [0.15, 0.2) is 11.6 Å². The molecule has 0 unspecified atom stereocenters. The summed E-state index contributed by atoms with van der Waals surface area (Å²) in [5.74, 6) is -2.34. The van der Waals surface area contributed by atoms with E-state index in [0.29, 0.717) is 11.4 Å². The van der Waals surface area contributed by atoms with Gasteiger partial charge in [0.2, 0.25) is 11.8 Å². The van der Waals surface area contributed by atoms with E-state index in [0.717, 1.165) is 43.6 Å². The Morgan fingerprint density at radius 1 is 1.06 bits per heavy atom. The van der Waals surface area contributed by atoms with Crippen molar-refractivity contribution in [3.63, 3.8) is 0 Å². The number of nitrogens with two attached hydrogens (primary N) is 1. The Morgan fingerprint density at radius 2 is 1.75 bits per heavy atom. The predicted octanol–water partition coefficient (Wildman–Crippen LogP) is 2.41.